The van der Waals surface area contributed by atoms with Gasteiger partial charge in [0.15, 0.2) is 5.13 Å². The number of aromatic nitrogens is 1. The summed E-state index contributed by atoms with van der Waals surface area (Å²) in [7, 11) is -3.60. The van der Waals surface area contributed by atoms with Gasteiger partial charge in [0.25, 0.3) is 10.0 Å². The van der Waals surface area contributed by atoms with Crippen molar-refractivity contribution in [3.05, 3.63) is 76.1 Å². The predicted molar refractivity (Wildman–Crippen MR) is 141 cm³/mol. The van der Waals surface area contributed by atoms with Crippen molar-refractivity contribution >= 4 is 69.9 Å². The second-order valence-electron chi connectivity index (χ2n) is 8.15. The molecule has 1 fully saturated rings. The molecule has 10 heteroatoms. The number of thiophene rings is 1. The third-order valence-electron chi connectivity index (χ3n) is 5.84. The maximum atomic E-state index is 13.9. The van der Waals surface area contributed by atoms with Crippen molar-refractivity contribution in [1.29, 1.82) is 0 Å². The van der Waals surface area contributed by atoms with Gasteiger partial charge < -0.3 is 0 Å². The van der Waals surface area contributed by atoms with Crippen LogP contribution in [0.1, 0.15) is 18.4 Å². The highest BCUT2D eigenvalue weighted by molar-refractivity contribution is 9.10. The van der Waals surface area contributed by atoms with E-state index in [0.29, 0.717) is 35.3 Å². The fraction of sp³-hybridized carbons (Fsp3) is 0.250. The molecule has 1 amide bonds. The van der Waals surface area contributed by atoms with Crippen LogP contribution in [-0.2, 0) is 21.4 Å². The lowest BCUT2D eigenvalue weighted by Crippen LogP contribution is -2.46. The Kier molecular flexibility index (Phi) is 6.85. The van der Waals surface area contributed by atoms with E-state index in [1.807, 2.05) is 48.5 Å². The van der Waals surface area contributed by atoms with Crippen LogP contribution in [0.15, 0.2) is 74.7 Å². The van der Waals surface area contributed by atoms with Gasteiger partial charge >= 0.3 is 0 Å². The zero-order chi connectivity index (χ0) is 23.7. The smallest absolute Gasteiger partial charge is 0.252 e. The van der Waals surface area contributed by atoms with Crippen LogP contribution in [0.25, 0.3) is 10.2 Å². The van der Waals surface area contributed by atoms with Crippen LogP contribution in [-0.4, -0.2) is 36.7 Å². The predicted octanol–water partition coefficient (Wildman–Crippen LogP) is 5.75. The first-order chi connectivity index (χ1) is 16.4. The van der Waals surface area contributed by atoms with Crippen LogP contribution in [0.4, 0.5) is 5.13 Å². The highest BCUT2D eigenvalue weighted by atomic mass is 79.9. The Bertz CT molecular complexity index is 1410. The number of nitrogens with zero attached hydrogens (tertiary/aromatic N) is 3. The number of hydrogen-bond acceptors (Lipinski definition) is 6. The third-order valence-corrected chi connectivity index (χ3v) is 10.6. The van der Waals surface area contributed by atoms with E-state index in [-0.39, 0.29) is 12.5 Å². The zero-order valence-corrected chi connectivity index (χ0v) is 22.2. The van der Waals surface area contributed by atoms with E-state index in [1.54, 1.807) is 22.4 Å². The van der Waals surface area contributed by atoms with E-state index < -0.39 is 15.9 Å². The van der Waals surface area contributed by atoms with Crippen molar-refractivity contribution in [3.63, 3.8) is 0 Å². The number of piperidine rings is 1. The molecular weight excluding hydrogens is 554 g/mol. The molecule has 0 bridgehead atoms. The molecule has 5 rings (SSSR count). The second kappa shape index (κ2) is 9.87. The Morgan fingerprint density at radius 2 is 1.97 bits per heavy atom. The van der Waals surface area contributed by atoms with Gasteiger partial charge in [-0.15, -0.1) is 11.3 Å². The first-order valence-electron chi connectivity index (χ1n) is 10.9. The van der Waals surface area contributed by atoms with Gasteiger partial charge in [0.05, 0.1) is 22.7 Å². The van der Waals surface area contributed by atoms with Crippen LogP contribution in [0.5, 0.6) is 0 Å². The Morgan fingerprint density at radius 1 is 1.15 bits per heavy atom. The fourth-order valence-corrected chi connectivity index (χ4v) is 8.32. The molecule has 0 saturated carbocycles. The molecule has 0 aliphatic carbocycles. The lowest BCUT2D eigenvalue weighted by molar-refractivity contribution is -0.123. The number of carbonyl (C=O) groups excluding carboxylic acids is 1. The molecule has 0 spiro atoms. The highest BCUT2D eigenvalue weighted by Gasteiger charge is 2.36. The molecule has 1 atom stereocenters. The number of sulfonamides is 1. The Labute approximate surface area is 215 Å². The van der Waals surface area contributed by atoms with Gasteiger partial charge in [0.2, 0.25) is 5.91 Å². The van der Waals surface area contributed by atoms with E-state index in [9.17, 15) is 13.2 Å². The van der Waals surface area contributed by atoms with Crippen molar-refractivity contribution in [1.82, 2.24) is 9.29 Å². The minimum atomic E-state index is -3.60. The van der Waals surface area contributed by atoms with Gasteiger partial charge in [0.1, 0.15) is 4.21 Å². The summed E-state index contributed by atoms with van der Waals surface area (Å²) in [6.07, 6.45) is 1.30. The Hall–Kier alpha value is -2.11. The van der Waals surface area contributed by atoms with E-state index >= 15 is 0 Å². The normalized spacial score (nSPS) is 17.1. The molecule has 176 valence electrons. The molecular formula is C24H22BrN3O3S3. The van der Waals surface area contributed by atoms with Crippen molar-refractivity contribution in [2.45, 2.75) is 23.6 Å². The third kappa shape index (κ3) is 4.83. The van der Waals surface area contributed by atoms with Crippen molar-refractivity contribution in [2.75, 3.05) is 18.0 Å². The average Bonchev–Trinajstić information content (AvgIpc) is 3.53. The molecule has 34 heavy (non-hydrogen) atoms. The molecule has 2 aromatic heterocycles. The van der Waals surface area contributed by atoms with Crippen LogP contribution < -0.4 is 4.90 Å². The van der Waals surface area contributed by atoms with Crippen molar-refractivity contribution in [3.8, 4) is 0 Å². The number of rotatable bonds is 6. The molecule has 3 heterocycles. The summed E-state index contributed by atoms with van der Waals surface area (Å²) in [5, 5.41) is 2.38. The summed E-state index contributed by atoms with van der Waals surface area (Å²) in [5.74, 6) is -0.515. The van der Waals surface area contributed by atoms with E-state index in [4.69, 9.17) is 4.98 Å². The Morgan fingerprint density at radius 3 is 2.74 bits per heavy atom. The van der Waals surface area contributed by atoms with E-state index in [2.05, 4.69) is 15.9 Å². The first-order valence-corrected chi connectivity index (χ1v) is 14.8. The molecule has 2 aromatic carbocycles. The van der Waals surface area contributed by atoms with Gasteiger partial charge in [-0.25, -0.2) is 13.4 Å². The lowest BCUT2D eigenvalue weighted by atomic mass is 9.98. The number of halogens is 1. The minimum Gasteiger partial charge on any atom is -0.283 e. The van der Waals surface area contributed by atoms with Crippen LogP contribution in [0.3, 0.4) is 0 Å². The van der Waals surface area contributed by atoms with E-state index in [0.717, 1.165) is 20.3 Å². The molecule has 0 radical (unpaired) electrons. The largest absolute Gasteiger partial charge is 0.283 e. The number of anilines is 1. The monoisotopic (exact) mass is 575 g/mol. The standard InChI is InChI=1S/C24H22BrN3O3S3/c25-19-10-11-20-21(14-19)33-24(26-20)28(15-17-6-2-1-3-7-17)23(29)18-8-4-12-27(16-18)34(30,31)22-9-5-13-32-22/h1-3,5-7,9-11,13-14,18H,4,8,12,15-16H2. The number of carbonyl (C=O) groups is 1. The number of fused-ring (bicyclic) bond motifs is 1. The summed E-state index contributed by atoms with van der Waals surface area (Å²) >= 11 is 6.18. The second-order valence-corrected chi connectivity index (χ2v) is 13.2. The summed E-state index contributed by atoms with van der Waals surface area (Å²) in [6.45, 7) is 0.994. The van der Waals surface area contributed by atoms with Crippen molar-refractivity contribution < 1.29 is 13.2 Å². The summed E-state index contributed by atoms with van der Waals surface area (Å²) in [6, 6.07) is 19.0. The van der Waals surface area contributed by atoms with Crippen LogP contribution in [0, 0.1) is 5.92 Å². The molecule has 0 N–H and O–H groups in total. The summed E-state index contributed by atoms with van der Waals surface area (Å²) in [5.41, 5.74) is 1.83. The number of thiazole rings is 1. The van der Waals surface area contributed by atoms with Gasteiger partial charge in [-0.2, -0.15) is 4.31 Å². The quantitative estimate of drug-likeness (QED) is 0.293. The zero-order valence-electron chi connectivity index (χ0n) is 18.1. The van der Waals surface area contributed by atoms with Crippen molar-refractivity contribution in [2.24, 2.45) is 5.92 Å². The molecule has 1 aliphatic heterocycles. The fourth-order valence-electron chi connectivity index (χ4n) is 4.13. The van der Waals surface area contributed by atoms with Gasteiger partial charge in [-0.3, -0.25) is 9.69 Å². The first kappa shape index (κ1) is 23.6. The lowest BCUT2D eigenvalue weighted by Gasteiger charge is -2.33. The maximum absolute atomic E-state index is 13.9. The van der Waals surface area contributed by atoms with Crippen LogP contribution >= 0.6 is 38.6 Å². The average molecular weight is 577 g/mol. The molecule has 4 aromatic rings. The molecule has 1 unspecified atom stereocenters. The summed E-state index contributed by atoms with van der Waals surface area (Å²) in [4.78, 5) is 20.3. The summed E-state index contributed by atoms with van der Waals surface area (Å²) < 4.78 is 29.9. The molecule has 1 saturated heterocycles. The van der Waals surface area contributed by atoms with Crippen LogP contribution in [0.2, 0.25) is 0 Å². The number of hydrogen-bond donors (Lipinski definition) is 0. The molecule has 1 aliphatic rings. The Balaban J connectivity index is 1.46. The minimum absolute atomic E-state index is 0.0898. The number of benzene rings is 2. The van der Waals surface area contributed by atoms with Gasteiger partial charge in [-0.05, 0) is 48.1 Å². The van der Waals surface area contributed by atoms with Gasteiger partial charge in [0, 0.05) is 17.6 Å². The van der Waals surface area contributed by atoms with Gasteiger partial charge in [-0.1, -0.05) is 63.7 Å². The topological polar surface area (TPSA) is 70.6 Å². The SMILES string of the molecule is O=C(C1CCCN(S(=O)(=O)c2cccs2)C1)N(Cc1ccccc1)c1nc2ccc(Br)cc2s1. The van der Waals surface area contributed by atoms with E-state index in [1.165, 1.54) is 27.0 Å². The maximum Gasteiger partial charge on any atom is 0.252 e. The molecule has 6 nitrogen and oxygen atoms in total. The highest BCUT2D eigenvalue weighted by Crippen LogP contribution is 2.34. The number of amides is 1.